The summed E-state index contributed by atoms with van der Waals surface area (Å²) < 4.78 is 26.5. The Kier molecular flexibility index (Phi) is 5.02. The molecule has 0 bridgehead atoms. The van der Waals surface area contributed by atoms with Crippen molar-refractivity contribution in [3.8, 4) is 11.1 Å². The second-order valence-corrected chi connectivity index (χ2v) is 6.92. The first-order valence-corrected chi connectivity index (χ1v) is 8.79. The third-order valence-electron chi connectivity index (χ3n) is 3.71. The zero-order valence-electron chi connectivity index (χ0n) is 13.3. The van der Waals surface area contributed by atoms with Crippen LogP contribution >= 0.6 is 0 Å². The molecule has 0 fully saturated rings. The monoisotopic (exact) mass is 336 g/mol. The van der Waals surface area contributed by atoms with E-state index in [-0.39, 0.29) is 0 Å². The molecular formula is C21H17FOS. The van der Waals surface area contributed by atoms with Gasteiger partial charge in [0.15, 0.2) is 5.16 Å². The smallest absolute Gasteiger partial charge is 0.192 e. The van der Waals surface area contributed by atoms with Crippen molar-refractivity contribution < 1.29 is 8.60 Å². The van der Waals surface area contributed by atoms with Crippen molar-refractivity contribution in [1.29, 1.82) is 0 Å². The van der Waals surface area contributed by atoms with Gasteiger partial charge in [-0.25, -0.2) is 4.21 Å². The standard InChI is InChI=1S/C21H17FOS/c1-16-7-13-20(14-8-16)24(23)21(22)15-17-9-11-19(12-10-17)18-5-3-2-4-6-18/h2-15H,1H3. The molecule has 120 valence electrons. The van der Waals surface area contributed by atoms with E-state index in [1.54, 1.807) is 12.1 Å². The van der Waals surface area contributed by atoms with E-state index in [1.165, 1.54) is 6.08 Å². The van der Waals surface area contributed by atoms with E-state index in [4.69, 9.17) is 0 Å². The molecule has 1 atom stereocenters. The summed E-state index contributed by atoms with van der Waals surface area (Å²) in [7, 11) is -1.78. The second-order valence-electron chi connectivity index (χ2n) is 5.52. The Morgan fingerprint density at radius 1 is 0.833 bits per heavy atom. The topological polar surface area (TPSA) is 17.1 Å². The molecule has 3 rings (SSSR count). The summed E-state index contributed by atoms with van der Waals surface area (Å²) in [5.41, 5.74) is 3.91. The quantitative estimate of drug-likeness (QED) is 0.594. The SMILES string of the molecule is Cc1ccc(S(=O)C(F)=Cc2ccc(-c3ccccc3)cc2)cc1. The van der Waals surface area contributed by atoms with E-state index in [0.717, 1.165) is 16.7 Å². The van der Waals surface area contributed by atoms with Crippen molar-refractivity contribution in [1.82, 2.24) is 0 Å². The highest BCUT2D eigenvalue weighted by atomic mass is 32.2. The second kappa shape index (κ2) is 7.37. The Morgan fingerprint density at radius 2 is 1.42 bits per heavy atom. The minimum absolute atomic E-state index is 0.468. The summed E-state index contributed by atoms with van der Waals surface area (Å²) in [6, 6.07) is 24.5. The summed E-state index contributed by atoms with van der Waals surface area (Å²) in [5.74, 6) is 0. The molecule has 0 saturated heterocycles. The lowest BCUT2D eigenvalue weighted by Crippen LogP contribution is -1.92. The van der Waals surface area contributed by atoms with Crippen molar-refractivity contribution in [3.63, 3.8) is 0 Å². The first kappa shape index (κ1) is 16.3. The molecule has 24 heavy (non-hydrogen) atoms. The Bertz CT molecular complexity index is 866. The van der Waals surface area contributed by atoms with E-state index in [9.17, 15) is 8.60 Å². The molecule has 0 aliphatic carbocycles. The average Bonchev–Trinajstić information content (AvgIpc) is 2.63. The van der Waals surface area contributed by atoms with Crippen LogP contribution in [0.3, 0.4) is 0 Å². The minimum Gasteiger partial charge on any atom is -0.247 e. The number of hydrogen-bond acceptors (Lipinski definition) is 1. The molecule has 0 N–H and O–H groups in total. The number of hydrogen-bond donors (Lipinski definition) is 0. The van der Waals surface area contributed by atoms with Gasteiger partial charge in [0.25, 0.3) is 0 Å². The molecular weight excluding hydrogens is 319 g/mol. The number of halogens is 1. The maximum atomic E-state index is 14.3. The third-order valence-corrected chi connectivity index (χ3v) is 4.88. The van der Waals surface area contributed by atoms with Gasteiger partial charge in [-0.2, -0.15) is 4.39 Å². The van der Waals surface area contributed by atoms with Gasteiger partial charge in [0.2, 0.25) is 0 Å². The molecule has 0 saturated carbocycles. The Morgan fingerprint density at radius 3 is 2.04 bits per heavy atom. The van der Waals surface area contributed by atoms with Crippen LogP contribution in [0, 0.1) is 6.92 Å². The molecule has 0 heterocycles. The van der Waals surface area contributed by atoms with Gasteiger partial charge in [0.05, 0.1) is 0 Å². The Balaban J connectivity index is 1.80. The van der Waals surface area contributed by atoms with Gasteiger partial charge in [-0.1, -0.05) is 72.3 Å². The summed E-state index contributed by atoms with van der Waals surface area (Å²) in [6.45, 7) is 1.94. The molecule has 0 amide bonds. The van der Waals surface area contributed by atoms with E-state index in [1.807, 2.05) is 73.7 Å². The van der Waals surface area contributed by atoms with Crippen LogP contribution in [0.15, 0.2) is 88.9 Å². The Hall–Kier alpha value is -2.52. The molecule has 1 unspecified atom stereocenters. The van der Waals surface area contributed by atoms with Crippen LogP contribution in [0.4, 0.5) is 4.39 Å². The first-order valence-electron chi connectivity index (χ1n) is 7.64. The van der Waals surface area contributed by atoms with Crippen LogP contribution in [0.5, 0.6) is 0 Å². The third kappa shape index (κ3) is 3.87. The molecule has 0 aliphatic heterocycles. The van der Waals surface area contributed by atoms with Gasteiger partial charge in [-0.3, -0.25) is 0 Å². The summed E-state index contributed by atoms with van der Waals surface area (Å²) in [6.07, 6.45) is 1.32. The number of benzene rings is 3. The van der Waals surface area contributed by atoms with Crippen LogP contribution < -0.4 is 0 Å². The van der Waals surface area contributed by atoms with Crippen molar-refractivity contribution in [2.24, 2.45) is 0 Å². The molecule has 0 aliphatic rings. The predicted octanol–water partition coefficient (Wildman–Crippen LogP) is 5.74. The van der Waals surface area contributed by atoms with Gasteiger partial charge in [-0.15, -0.1) is 0 Å². The summed E-state index contributed by atoms with van der Waals surface area (Å²) >= 11 is 0. The van der Waals surface area contributed by atoms with E-state index < -0.39 is 16.0 Å². The highest BCUT2D eigenvalue weighted by molar-refractivity contribution is 7.89. The number of rotatable bonds is 4. The zero-order valence-corrected chi connectivity index (χ0v) is 14.1. The molecule has 3 aromatic rings. The fraction of sp³-hybridized carbons (Fsp3) is 0.0476. The summed E-state index contributed by atoms with van der Waals surface area (Å²) in [5, 5.41) is -0.647. The normalized spacial score (nSPS) is 12.8. The van der Waals surface area contributed by atoms with Gasteiger partial charge in [0, 0.05) is 4.90 Å². The zero-order chi connectivity index (χ0) is 16.9. The van der Waals surface area contributed by atoms with Gasteiger partial charge < -0.3 is 0 Å². The lowest BCUT2D eigenvalue weighted by Gasteiger charge is -2.03. The molecule has 3 aromatic carbocycles. The molecule has 0 aromatic heterocycles. The molecule has 0 radical (unpaired) electrons. The lowest BCUT2D eigenvalue weighted by molar-refractivity contribution is 0.653. The number of aryl methyl sites for hydroxylation is 1. The van der Waals surface area contributed by atoms with Crippen LogP contribution in [0.1, 0.15) is 11.1 Å². The van der Waals surface area contributed by atoms with Crippen molar-refractivity contribution >= 4 is 16.9 Å². The van der Waals surface area contributed by atoms with Gasteiger partial charge in [0.1, 0.15) is 10.8 Å². The van der Waals surface area contributed by atoms with Crippen molar-refractivity contribution in [3.05, 3.63) is 95.1 Å². The molecule has 1 nitrogen and oxygen atoms in total. The van der Waals surface area contributed by atoms with Crippen LogP contribution in [0.25, 0.3) is 17.2 Å². The Labute approximate surface area is 143 Å². The highest BCUT2D eigenvalue weighted by Gasteiger charge is 2.10. The minimum atomic E-state index is -1.78. The van der Waals surface area contributed by atoms with Crippen LogP contribution in [-0.4, -0.2) is 4.21 Å². The highest BCUT2D eigenvalue weighted by Crippen LogP contribution is 2.22. The maximum absolute atomic E-state index is 14.3. The fourth-order valence-corrected chi connectivity index (χ4v) is 3.21. The van der Waals surface area contributed by atoms with E-state index in [2.05, 4.69) is 0 Å². The summed E-state index contributed by atoms with van der Waals surface area (Å²) in [4.78, 5) is 0.468. The van der Waals surface area contributed by atoms with E-state index in [0.29, 0.717) is 10.5 Å². The van der Waals surface area contributed by atoms with E-state index >= 15 is 0 Å². The predicted molar refractivity (Wildman–Crippen MR) is 98.6 cm³/mol. The first-order chi connectivity index (χ1) is 11.6. The maximum Gasteiger partial charge on any atom is 0.192 e. The van der Waals surface area contributed by atoms with Crippen molar-refractivity contribution in [2.75, 3.05) is 0 Å². The fourth-order valence-electron chi connectivity index (χ4n) is 2.36. The molecule has 3 heteroatoms. The van der Waals surface area contributed by atoms with Crippen LogP contribution in [-0.2, 0) is 10.8 Å². The molecule has 0 spiro atoms. The van der Waals surface area contributed by atoms with Gasteiger partial charge >= 0.3 is 0 Å². The van der Waals surface area contributed by atoms with Crippen LogP contribution in [0.2, 0.25) is 0 Å². The van der Waals surface area contributed by atoms with Crippen molar-refractivity contribution in [2.45, 2.75) is 11.8 Å². The lowest BCUT2D eigenvalue weighted by atomic mass is 10.0. The largest absolute Gasteiger partial charge is 0.247 e. The van der Waals surface area contributed by atoms with Gasteiger partial charge in [-0.05, 0) is 41.8 Å². The average molecular weight is 336 g/mol.